The summed E-state index contributed by atoms with van der Waals surface area (Å²) in [5.41, 5.74) is 0.389. The van der Waals surface area contributed by atoms with E-state index >= 15 is 0 Å². The minimum Gasteiger partial charge on any atom is -0.478 e. The van der Waals surface area contributed by atoms with Crippen LogP contribution >= 0.6 is 0 Å². The molecule has 70 valence electrons. The molecule has 5 heteroatoms. The lowest BCUT2D eigenvalue weighted by Crippen LogP contribution is -1.93. The molecular formula is C8H11N3O2. The molecule has 13 heavy (non-hydrogen) atoms. The first-order valence-electron chi connectivity index (χ1n) is 3.63. The van der Waals surface area contributed by atoms with Crippen molar-refractivity contribution in [3.63, 3.8) is 0 Å². The van der Waals surface area contributed by atoms with Crippen LogP contribution in [0.15, 0.2) is 30.1 Å². The van der Waals surface area contributed by atoms with E-state index < -0.39 is 5.97 Å². The van der Waals surface area contributed by atoms with E-state index in [4.69, 9.17) is 5.11 Å². The van der Waals surface area contributed by atoms with Crippen LogP contribution in [0.4, 0.5) is 0 Å². The van der Waals surface area contributed by atoms with Gasteiger partial charge < -0.3 is 5.11 Å². The zero-order valence-corrected chi connectivity index (χ0v) is 7.51. The molecule has 0 aliphatic heterocycles. The average Bonchev–Trinajstić information content (AvgIpc) is 2.20. The highest BCUT2D eigenvalue weighted by Gasteiger charge is 1.93. The molecule has 0 aromatic carbocycles. The first-order valence-corrected chi connectivity index (χ1v) is 3.63. The minimum atomic E-state index is -0.845. The highest BCUT2D eigenvalue weighted by Crippen LogP contribution is 1.87. The monoisotopic (exact) mass is 181 g/mol. The molecule has 0 spiro atoms. The normalized spacial score (nSPS) is 9.85. The largest absolute Gasteiger partial charge is 0.478 e. The number of carboxylic acid groups (broad SMARTS) is 1. The Morgan fingerprint density at radius 1 is 1.38 bits per heavy atom. The highest BCUT2D eigenvalue weighted by atomic mass is 16.4. The van der Waals surface area contributed by atoms with E-state index in [1.54, 1.807) is 38.4 Å². The van der Waals surface area contributed by atoms with Gasteiger partial charge >= 0.3 is 5.97 Å². The van der Waals surface area contributed by atoms with Crippen LogP contribution in [-0.4, -0.2) is 26.5 Å². The number of rotatable bonds is 1. The van der Waals surface area contributed by atoms with Crippen molar-refractivity contribution in [2.24, 2.45) is 0 Å². The maximum absolute atomic E-state index is 9.86. The minimum absolute atomic E-state index is 0.389. The molecule has 0 atom stereocenters. The number of aromatic nitrogens is 3. The fraction of sp³-hybridized carbons (Fsp3) is 0.250. The van der Waals surface area contributed by atoms with Crippen molar-refractivity contribution in [1.29, 1.82) is 0 Å². The van der Waals surface area contributed by atoms with Crippen molar-refractivity contribution in [2.45, 2.75) is 13.8 Å². The summed E-state index contributed by atoms with van der Waals surface area (Å²) in [5.74, 6) is -0.845. The third kappa shape index (κ3) is 6.61. The summed E-state index contributed by atoms with van der Waals surface area (Å²) in [4.78, 5) is 9.86. The Balaban J connectivity index is 0.000000223. The molecular weight excluding hydrogens is 170 g/mol. The maximum Gasteiger partial charge on any atom is 0.330 e. The Kier molecular flexibility index (Phi) is 5.96. The maximum atomic E-state index is 9.86. The molecule has 0 radical (unpaired) electrons. The second-order valence-electron chi connectivity index (χ2n) is 2.09. The van der Waals surface area contributed by atoms with Gasteiger partial charge in [-0.25, -0.2) is 4.79 Å². The van der Waals surface area contributed by atoms with Crippen LogP contribution in [-0.2, 0) is 4.79 Å². The Hall–Kier alpha value is -1.78. The first-order chi connectivity index (χ1) is 6.18. The topological polar surface area (TPSA) is 76.0 Å². The van der Waals surface area contributed by atoms with E-state index in [2.05, 4.69) is 15.4 Å². The van der Waals surface area contributed by atoms with Gasteiger partial charge in [0.15, 0.2) is 0 Å². The van der Waals surface area contributed by atoms with Gasteiger partial charge in [0, 0.05) is 5.57 Å². The number of carbonyl (C=O) groups is 1. The molecule has 0 fully saturated rings. The molecule has 0 saturated carbocycles. The molecule has 0 aliphatic rings. The van der Waals surface area contributed by atoms with Crippen LogP contribution in [0.1, 0.15) is 13.8 Å². The number of carboxylic acids is 1. The summed E-state index contributed by atoms with van der Waals surface area (Å²) in [6.07, 6.45) is 4.71. The Morgan fingerprint density at radius 2 is 1.92 bits per heavy atom. The number of hydrogen-bond donors (Lipinski definition) is 1. The molecule has 1 heterocycles. The van der Waals surface area contributed by atoms with Crippen LogP contribution in [0, 0.1) is 0 Å². The van der Waals surface area contributed by atoms with Gasteiger partial charge in [0.1, 0.15) is 0 Å². The Labute approximate surface area is 76.1 Å². The standard InChI is InChI=1S/C5H8O2.C3H3N3/c1-3-4(2)5(6)7;1-2-4-6-5-3-1/h3H,1-2H3,(H,6,7);1-3H. The molecule has 1 aromatic heterocycles. The zero-order valence-electron chi connectivity index (χ0n) is 7.51. The number of allylic oxidation sites excluding steroid dienone is 1. The summed E-state index contributed by atoms with van der Waals surface area (Å²) in [7, 11) is 0. The second-order valence-corrected chi connectivity index (χ2v) is 2.09. The predicted molar refractivity (Wildman–Crippen MR) is 46.9 cm³/mol. The summed E-state index contributed by atoms with van der Waals surface area (Å²) in [6.45, 7) is 3.26. The third-order valence-corrected chi connectivity index (χ3v) is 1.18. The van der Waals surface area contributed by atoms with Gasteiger partial charge in [-0.15, -0.1) is 10.2 Å². The van der Waals surface area contributed by atoms with E-state index in [1.165, 1.54) is 0 Å². The summed E-state index contributed by atoms with van der Waals surface area (Å²) in [6, 6.07) is 1.72. The fourth-order valence-corrected chi connectivity index (χ4v) is 0.328. The van der Waals surface area contributed by atoms with Crippen molar-refractivity contribution in [2.75, 3.05) is 0 Å². The second kappa shape index (κ2) is 6.90. The van der Waals surface area contributed by atoms with Crippen LogP contribution in [0.25, 0.3) is 0 Å². The Morgan fingerprint density at radius 3 is 2.00 bits per heavy atom. The quantitative estimate of drug-likeness (QED) is 0.651. The summed E-state index contributed by atoms with van der Waals surface area (Å²) < 4.78 is 0. The van der Waals surface area contributed by atoms with Crippen LogP contribution in [0.2, 0.25) is 0 Å². The zero-order chi connectivity index (χ0) is 10.1. The van der Waals surface area contributed by atoms with E-state index in [-0.39, 0.29) is 0 Å². The van der Waals surface area contributed by atoms with E-state index in [9.17, 15) is 4.79 Å². The lowest BCUT2D eigenvalue weighted by Gasteiger charge is -1.84. The highest BCUT2D eigenvalue weighted by molar-refractivity contribution is 5.85. The summed E-state index contributed by atoms with van der Waals surface area (Å²) >= 11 is 0. The van der Waals surface area contributed by atoms with E-state index in [0.717, 1.165) is 0 Å². The van der Waals surface area contributed by atoms with Gasteiger partial charge in [0.25, 0.3) is 0 Å². The van der Waals surface area contributed by atoms with Crippen molar-refractivity contribution >= 4 is 5.97 Å². The van der Waals surface area contributed by atoms with Crippen molar-refractivity contribution < 1.29 is 9.90 Å². The first kappa shape index (κ1) is 11.2. The molecule has 0 bridgehead atoms. The molecule has 5 nitrogen and oxygen atoms in total. The average molecular weight is 181 g/mol. The smallest absolute Gasteiger partial charge is 0.330 e. The van der Waals surface area contributed by atoms with Gasteiger partial charge in [-0.2, -0.15) is 0 Å². The van der Waals surface area contributed by atoms with Crippen molar-refractivity contribution in [1.82, 2.24) is 15.4 Å². The van der Waals surface area contributed by atoms with Crippen LogP contribution in [0.3, 0.4) is 0 Å². The number of aliphatic carboxylic acids is 1. The molecule has 1 N–H and O–H groups in total. The van der Waals surface area contributed by atoms with Gasteiger partial charge in [-0.05, 0) is 25.1 Å². The summed E-state index contributed by atoms with van der Waals surface area (Å²) in [5, 5.41) is 18.2. The molecule has 1 aromatic rings. The predicted octanol–water partition coefficient (Wildman–Crippen LogP) is 0.909. The molecule has 0 saturated heterocycles. The van der Waals surface area contributed by atoms with Crippen molar-refractivity contribution in [3.8, 4) is 0 Å². The molecule has 0 amide bonds. The lowest BCUT2D eigenvalue weighted by molar-refractivity contribution is -0.132. The van der Waals surface area contributed by atoms with Crippen LogP contribution in [0.5, 0.6) is 0 Å². The Bertz CT molecular complexity index is 245. The lowest BCUT2D eigenvalue weighted by atomic mass is 10.3. The molecule has 1 rings (SSSR count). The fourth-order valence-electron chi connectivity index (χ4n) is 0.328. The van der Waals surface area contributed by atoms with Gasteiger partial charge in [-0.3, -0.25) is 0 Å². The van der Waals surface area contributed by atoms with Gasteiger partial charge in [0.2, 0.25) is 0 Å². The SMILES string of the molecule is CC=C(C)C(=O)O.c1cnnnc1. The van der Waals surface area contributed by atoms with E-state index in [1.807, 2.05) is 0 Å². The number of nitrogens with zero attached hydrogens (tertiary/aromatic N) is 3. The number of hydrogen-bond acceptors (Lipinski definition) is 4. The van der Waals surface area contributed by atoms with Gasteiger partial charge in [0.05, 0.1) is 12.4 Å². The van der Waals surface area contributed by atoms with Crippen LogP contribution < -0.4 is 0 Å². The van der Waals surface area contributed by atoms with Crippen molar-refractivity contribution in [3.05, 3.63) is 30.1 Å². The van der Waals surface area contributed by atoms with Gasteiger partial charge in [-0.1, -0.05) is 6.08 Å². The molecule has 0 aliphatic carbocycles. The molecule has 0 unspecified atom stereocenters. The van der Waals surface area contributed by atoms with E-state index in [0.29, 0.717) is 5.57 Å². The third-order valence-electron chi connectivity index (χ3n) is 1.18.